The van der Waals surface area contributed by atoms with E-state index >= 15 is 0 Å². The SMILES string of the molecule is CC.CC.CCOCC(=O)OCC1CCC(C)OC1. The molecule has 4 nitrogen and oxygen atoms in total. The minimum Gasteiger partial charge on any atom is -0.464 e. The van der Waals surface area contributed by atoms with E-state index in [-0.39, 0.29) is 12.6 Å². The molecule has 0 aliphatic carbocycles. The maximum atomic E-state index is 11.1. The zero-order valence-corrected chi connectivity index (χ0v) is 13.5. The lowest BCUT2D eigenvalue weighted by Crippen LogP contribution is -2.28. The molecule has 1 heterocycles. The van der Waals surface area contributed by atoms with Crippen LogP contribution in [0, 0.1) is 5.92 Å². The largest absolute Gasteiger partial charge is 0.464 e. The van der Waals surface area contributed by atoms with Gasteiger partial charge in [-0.15, -0.1) is 0 Å². The molecule has 0 amide bonds. The molecule has 116 valence electrons. The molecule has 0 bridgehead atoms. The Balaban J connectivity index is 0. The first-order valence-electron chi connectivity index (χ1n) is 7.57. The molecule has 19 heavy (non-hydrogen) atoms. The Morgan fingerprint density at radius 3 is 2.32 bits per heavy atom. The molecule has 0 saturated carbocycles. The van der Waals surface area contributed by atoms with Gasteiger partial charge in [-0.25, -0.2) is 4.79 Å². The van der Waals surface area contributed by atoms with Gasteiger partial charge in [-0.05, 0) is 26.7 Å². The van der Waals surface area contributed by atoms with Crippen LogP contribution in [0.2, 0.25) is 0 Å². The summed E-state index contributed by atoms with van der Waals surface area (Å²) in [6, 6.07) is 0. The predicted molar refractivity (Wildman–Crippen MR) is 78.3 cm³/mol. The van der Waals surface area contributed by atoms with E-state index in [0.717, 1.165) is 12.8 Å². The van der Waals surface area contributed by atoms with E-state index in [1.165, 1.54) is 0 Å². The number of hydrogen-bond acceptors (Lipinski definition) is 4. The average Bonchev–Trinajstić information content (AvgIpc) is 2.48. The van der Waals surface area contributed by atoms with Crippen molar-refractivity contribution in [2.24, 2.45) is 5.92 Å². The summed E-state index contributed by atoms with van der Waals surface area (Å²) in [5.74, 6) is 0.0715. The summed E-state index contributed by atoms with van der Waals surface area (Å²) in [7, 11) is 0. The predicted octanol–water partition coefficient (Wildman–Crippen LogP) is 3.43. The molecule has 1 aliphatic heterocycles. The molecule has 1 saturated heterocycles. The van der Waals surface area contributed by atoms with Crippen molar-refractivity contribution in [3.63, 3.8) is 0 Å². The van der Waals surface area contributed by atoms with Crippen LogP contribution in [-0.2, 0) is 19.0 Å². The average molecular weight is 276 g/mol. The summed E-state index contributed by atoms with van der Waals surface area (Å²) in [6.07, 6.45) is 2.47. The van der Waals surface area contributed by atoms with Crippen molar-refractivity contribution in [1.29, 1.82) is 0 Å². The second-order valence-electron chi connectivity index (χ2n) is 3.91. The van der Waals surface area contributed by atoms with Gasteiger partial charge in [0.05, 0.1) is 19.3 Å². The quantitative estimate of drug-likeness (QED) is 0.722. The van der Waals surface area contributed by atoms with Gasteiger partial charge in [0.1, 0.15) is 6.61 Å². The summed E-state index contributed by atoms with van der Waals surface area (Å²) in [5.41, 5.74) is 0. The topological polar surface area (TPSA) is 44.8 Å². The normalized spacial score (nSPS) is 21.4. The maximum absolute atomic E-state index is 11.1. The molecule has 0 N–H and O–H groups in total. The van der Waals surface area contributed by atoms with Gasteiger partial charge in [-0.2, -0.15) is 0 Å². The molecule has 1 fully saturated rings. The van der Waals surface area contributed by atoms with Gasteiger partial charge in [0.15, 0.2) is 0 Å². The fourth-order valence-corrected chi connectivity index (χ4v) is 1.51. The molecule has 2 atom stereocenters. The third-order valence-electron chi connectivity index (χ3n) is 2.50. The zero-order valence-electron chi connectivity index (χ0n) is 13.5. The molecule has 0 aromatic rings. The van der Waals surface area contributed by atoms with Crippen LogP contribution in [0.1, 0.15) is 54.4 Å². The molecule has 1 rings (SSSR count). The Bertz CT molecular complexity index is 187. The van der Waals surface area contributed by atoms with Crippen LogP contribution in [-0.4, -0.2) is 38.5 Å². The number of rotatable bonds is 5. The highest BCUT2D eigenvalue weighted by molar-refractivity contribution is 5.70. The Hall–Kier alpha value is -0.610. The number of ether oxygens (including phenoxy) is 3. The Labute approximate surface area is 118 Å². The van der Waals surface area contributed by atoms with Gasteiger partial charge in [0.2, 0.25) is 0 Å². The second-order valence-corrected chi connectivity index (χ2v) is 3.91. The summed E-state index contributed by atoms with van der Waals surface area (Å²) in [5, 5.41) is 0. The maximum Gasteiger partial charge on any atom is 0.332 e. The summed E-state index contributed by atoms with van der Waals surface area (Å²) < 4.78 is 15.5. The van der Waals surface area contributed by atoms with Gasteiger partial charge < -0.3 is 14.2 Å². The van der Waals surface area contributed by atoms with Crippen molar-refractivity contribution >= 4 is 5.97 Å². The van der Waals surface area contributed by atoms with E-state index < -0.39 is 0 Å². The number of esters is 1. The Morgan fingerprint density at radius 1 is 1.21 bits per heavy atom. The fraction of sp³-hybridized carbons (Fsp3) is 0.933. The molecule has 2 unspecified atom stereocenters. The highest BCUT2D eigenvalue weighted by atomic mass is 16.6. The van der Waals surface area contributed by atoms with Crippen LogP contribution < -0.4 is 0 Å². The molecular weight excluding hydrogens is 244 g/mol. The highest BCUT2D eigenvalue weighted by Crippen LogP contribution is 2.18. The molecule has 1 aliphatic rings. The van der Waals surface area contributed by atoms with E-state index in [4.69, 9.17) is 14.2 Å². The smallest absolute Gasteiger partial charge is 0.332 e. The minimum atomic E-state index is -0.282. The van der Waals surface area contributed by atoms with Gasteiger partial charge in [-0.3, -0.25) is 0 Å². The first kappa shape index (κ1) is 20.7. The molecule has 0 radical (unpaired) electrons. The number of carbonyl (C=O) groups is 1. The fourth-order valence-electron chi connectivity index (χ4n) is 1.51. The molecule has 0 spiro atoms. The van der Waals surface area contributed by atoms with Crippen molar-refractivity contribution < 1.29 is 19.0 Å². The Kier molecular flexibility index (Phi) is 16.8. The lowest BCUT2D eigenvalue weighted by Gasteiger charge is -2.26. The van der Waals surface area contributed by atoms with Crippen molar-refractivity contribution in [3.05, 3.63) is 0 Å². The van der Waals surface area contributed by atoms with Gasteiger partial charge in [0.25, 0.3) is 0 Å². The van der Waals surface area contributed by atoms with Crippen LogP contribution in [0.25, 0.3) is 0 Å². The lowest BCUT2D eigenvalue weighted by atomic mass is 10.0. The second kappa shape index (κ2) is 15.4. The molecule has 0 aromatic heterocycles. The van der Waals surface area contributed by atoms with Crippen molar-refractivity contribution in [1.82, 2.24) is 0 Å². The lowest BCUT2D eigenvalue weighted by molar-refractivity contribution is -0.152. The van der Waals surface area contributed by atoms with Crippen molar-refractivity contribution in [2.45, 2.75) is 60.5 Å². The molecular formula is C15H32O4. The van der Waals surface area contributed by atoms with Gasteiger partial charge in [-0.1, -0.05) is 27.7 Å². The van der Waals surface area contributed by atoms with Crippen LogP contribution in [0.3, 0.4) is 0 Å². The van der Waals surface area contributed by atoms with E-state index in [9.17, 15) is 4.79 Å². The van der Waals surface area contributed by atoms with Crippen LogP contribution in [0.5, 0.6) is 0 Å². The van der Waals surface area contributed by atoms with Crippen LogP contribution >= 0.6 is 0 Å². The third-order valence-corrected chi connectivity index (χ3v) is 2.50. The van der Waals surface area contributed by atoms with Gasteiger partial charge >= 0.3 is 5.97 Å². The first-order valence-corrected chi connectivity index (χ1v) is 7.57. The van der Waals surface area contributed by atoms with Crippen LogP contribution in [0.15, 0.2) is 0 Å². The van der Waals surface area contributed by atoms with E-state index in [1.54, 1.807) is 0 Å². The van der Waals surface area contributed by atoms with E-state index in [1.807, 2.05) is 34.6 Å². The van der Waals surface area contributed by atoms with Crippen molar-refractivity contribution in [3.8, 4) is 0 Å². The number of carbonyl (C=O) groups excluding carboxylic acids is 1. The molecule has 0 aromatic carbocycles. The Morgan fingerprint density at radius 2 is 1.84 bits per heavy atom. The minimum absolute atomic E-state index is 0.0560. The third kappa shape index (κ3) is 12.2. The standard InChI is InChI=1S/C11H20O4.2C2H6/c1-3-13-8-11(12)15-7-10-5-4-9(2)14-6-10;2*1-2/h9-10H,3-8H2,1-2H3;2*1-2H3. The van der Waals surface area contributed by atoms with Crippen molar-refractivity contribution in [2.75, 3.05) is 26.4 Å². The summed E-state index contributed by atoms with van der Waals surface area (Å²) in [6.45, 7) is 13.7. The zero-order chi connectivity index (χ0) is 15.1. The summed E-state index contributed by atoms with van der Waals surface area (Å²) in [4.78, 5) is 11.1. The van der Waals surface area contributed by atoms with E-state index in [0.29, 0.717) is 31.8 Å². The molecule has 4 heteroatoms. The summed E-state index contributed by atoms with van der Waals surface area (Å²) >= 11 is 0. The highest BCUT2D eigenvalue weighted by Gasteiger charge is 2.19. The first-order chi connectivity index (χ1) is 9.22. The van der Waals surface area contributed by atoms with Crippen LogP contribution in [0.4, 0.5) is 0 Å². The van der Waals surface area contributed by atoms with Gasteiger partial charge in [0, 0.05) is 12.5 Å². The monoisotopic (exact) mass is 276 g/mol. The number of hydrogen-bond donors (Lipinski definition) is 0. The van der Waals surface area contributed by atoms with E-state index in [2.05, 4.69) is 6.92 Å².